The molecule has 0 N–H and O–H groups in total. The summed E-state index contributed by atoms with van der Waals surface area (Å²) in [5.74, 6) is 1.91. The average Bonchev–Trinajstić information content (AvgIpc) is 3.70. The molecular weight excluding hydrogens is 775 g/mol. The zero-order valence-electron chi connectivity index (χ0n) is 34.7. The van der Waals surface area contributed by atoms with Gasteiger partial charge in [0.2, 0.25) is 0 Å². The van der Waals surface area contributed by atoms with Crippen molar-refractivity contribution in [1.29, 1.82) is 0 Å². The second-order valence-electron chi connectivity index (χ2n) is 16.7. The zero-order chi connectivity index (χ0) is 42.1. The number of hydrogen-bond acceptors (Lipinski definition) is 3. The molecule has 0 fully saturated rings. The van der Waals surface area contributed by atoms with E-state index in [0.717, 1.165) is 44.2 Å². The maximum atomic E-state index is 5.29. The lowest BCUT2D eigenvalue weighted by Gasteiger charge is -2.15. The second-order valence-corrected chi connectivity index (χ2v) is 16.7. The summed E-state index contributed by atoms with van der Waals surface area (Å²) in [6.07, 6.45) is 0. The van der Waals surface area contributed by atoms with E-state index in [4.69, 9.17) is 15.0 Å². The van der Waals surface area contributed by atoms with Gasteiger partial charge in [0.1, 0.15) is 0 Å². The van der Waals surface area contributed by atoms with E-state index in [9.17, 15) is 0 Å². The van der Waals surface area contributed by atoms with Gasteiger partial charge in [-0.3, -0.25) is 0 Å². The van der Waals surface area contributed by atoms with Crippen LogP contribution < -0.4 is 0 Å². The van der Waals surface area contributed by atoms with Crippen molar-refractivity contribution >= 4 is 43.1 Å². The van der Waals surface area contributed by atoms with E-state index < -0.39 is 0 Å². The minimum Gasteiger partial charge on any atom is -0.208 e. The van der Waals surface area contributed by atoms with E-state index in [1.54, 1.807) is 0 Å². The molecule has 0 spiro atoms. The third-order valence-corrected chi connectivity index (χ3v) is 13.0. The molecule has 296 valence electrons. The fraction of sp³-hybridized carbons (Fsp3) is 0. The zero-order valence-corrected chi connectivity index (χ0v) is 34.7. The predicted octanol–water partition coefficient (Wildman–Crippen LogP) is 16.1. The van der Waals surface area contributed by atoms with Crippen LogP contribution >= 0.6 is 0 Å². The Morgan fingerprint density at radius 2 is 0.672 bits per heavy atom. The second kappa shape index (κ2) is 14.5. The van der Waals surface area contributed by atoms with Crippen LogP contribution in [0.2, 0.25) is 0 Å². The summed E-state index contributed by atoms with van der Waals surface area (Å²) in [6, 6.07) is 80.7. The smallest absolute Gasteiger partial charge is 0.164 e. The third kappa shape index (κ3) is 5.86. The number of rotatable bonds is 6. The van der Waals surface area contributed by atoms with Crippen molar-refractivity contribution in [3.63, 3.8) is 0 Å². The van der Waals surface area contributed by atoms with Gasteiger partial charge in [0.05, 0.1) is 0 Å². The Labute approximate surface area is 370 Å². The third-order valence-electron chi connectivity index (χ3n) is 13.0. The normalized spacial score (nSPS) is 11.8. The van der Waals surface area contributed by atoms with Gasteiger partial charge in [-0.05, 0) is 123 Å². The fourth-order valence-electron chi connectivity index (χ4n) is 10.0. The number of nitrogens with zero attached hydrogens (tertiary/aromatic N) is 3. The molecule has 1 aliphatic carbocycles. The maximum absolute atomic E-state index is 5.29. The summed E-state index contributed by atoms with van der Waals surface area (Å²) in [5.41, 5.74) is 15.1. The molecule has 0 radical (unpaired) electrons. The predicted molar refractivity (Wildman–Crippen MR) is 267 cm³/mol. The molecule has 3 heteroatoms. The van der Waals surface area contributed by atoms with Gasteiger partial charge in [0, 0.05) is 16.7 Å². The quantitative estimate of drug-likeness (QED) is 0.157. The molecular formula is C61H37N3. The first-order valence-electron chi connectivity index (χ1n) is 21.8. The van der Waals surface area contributed by atoms with E-state index in [1.807, 2.05) is 18.2 Å². The van der Waals surface area contributed by atoms with Crippen LogP contribution in [0.25, 0.3) is 133 Å². The summed E-state index contributed by atoms with van der Waals surface area (Å²) in [4.78, 5) is 15.6. The fourth-order valence-corrected chi connectivity index (χ4v) is 10.0. The Morgan fingerprint density at radius 1 is 0.203 bits per heavy atom. The molecule has 1 aliphatic rings. The molecule has 0 amide bonds. The van der Waals surface area contributed by atoms with E-state index in [2.05, 4.69) is 206 Å². The molecule has 3 nitrogen and oxygen atoms in total. The van der Waals surface area contributed by atoms with Crippen LogP contribution in [0.4, 0.5) is 0 Å². The first-order valence-corrected chi connectivity index (χ1v) is 21.8. The van der Waals surface area contributed by atoms with Crippen molar-refractivity contribution in [2.24, 2.45) is 0 Å². The van der Waals surface area contributed by atoms with Crippen LogP contribution in [0.15, 0.2) is 224 Å². The van der Waals surface area contributed by atoms with Crippen LogP contribution in [-0.2, 0) is 0 Å². The van der Waals surface area contributed by atoms with E-state index in [1.165, 1.54) is 71.3 Å². The van der Waals surface area contributed by atoms with Crippen LogP contribution in [0.3, 0.4) is 0 Å². The van der Waals surface area contributed by atoms with Gasteiger partial charge in [-0.25, -0.2) is 15.0 Å². The van der Waals surface area contributed by atoms with Gasteiger partial charge < -0.3 is 0 Å². The first-order chi connectivity index (χ1) is 31.7. The van der Waals surface area contributed by atoms with Crippen LogP contribution in [0, 0.1) is 0 Å². The molecule has 0 bridgehead atoms. The lowest BCUT2D eigenvalue weighted by molar-refractivity contribution is 1.08. The van der Waals surface area contributed by atoms with Crippen molar-refractivity contribution in [1.82, 2.24) is 15.0 Å². The molecule has 13 rings (SSSR count). The first kappa shape index (κ1) is 36.2. The van der Waals surface area contributed by atoms with Crippen LogP contribution in [0.5, 0.6) is 0 Å². The summed E-state index contributed by atoms with van der Waals surface area (Å²) in [6.45, 7) is 0. The number of fused-ring (bicyclic) bond motifs is 7. The van der Waals surface area contributed by atoms with Gasteiger partial charge in [0.15, 0.2) is 17.5 Å². The summed E-state index contributed by atoms with van der Waals surface area (Å²) in [7, 11) is 0. The standard InChI is InChI=1S/C61H37N3/c1-2-14-40(15-3-1)59-62-60(64-61(63-59)57-37-44-18-6-7-21-46(44)48-22-8-11-25-51(48)57)45-20-12-19-43(34-45)56-36-42-17-5-4-16-41(42)35-55(56)39-30-28-38(29-31-39)47-32-33-54-50-24-10-9-23-49(50)53-27-13-26-52(47)58(53)54/h1-37H. The van der Waals surface area contributed by atoms with Gasteiger partial charge in [0.25, 0.3) is 0 Å². The Balaban J connectivity index is 0.942. The van der Waals surface area contributed by atoms with Crippen LogP contribution in [0.1, 0.15) is 0 Å². The number of benzene rings is 11. The Hall–Kier alpha value is -8.53. The molecule has 0 aliphatic heterocycles. The molecule has 12 aromatic rings. The largest absolute Gasteiger partial charge is 0.208 e. The molecule has 0 saturated heterocycles. The Kier molecular flexibility index (Phi) is 8.22. The highest BCUT2D eigenvalue weighted by atomic mass is 15.0. The molecule has 64 heavy (non-hydrogen) atoms. The minimum atomic E-state index is 0.628. The number of aromatic nitrogens is 3. The van der Waals surface area contributed by atoms with Gasteiger partial charge >= 0.3 is 0 Å². The highest BCUT2D eigenvalue weighted by Crippen LogP contribution is 2.49. The lowest BCUT2D eigenvalue weighted by Crippen LogP contribution is -2.01. The van der Waals surface area contributed by atoms with Crippen molar-refractivity contribution in [2.75, 3.05) is 0 Å². The highest BCUT2D eigenvalue weighted by molar-refractivity contribution is 6.19. The van der Waals surface area contributed by atoms with Gasteiger partial charge in [-0.2, -0.15) is 0 Å². The topological polar surface area (TPSA) is 38.7 Å². The van der Waals surface area contributed by atoms with E-state index in [0.29, 0.717) is 17.5 Å². The summed E-state index contributed by atoms with van der Waals surface area (Å²) < 4.78 is 0. The van der Waals surface area contributed by atoms with Crippen molar-refractivity contribution < 1.29 is 0 Å². The SMILES string of the molecule is c1ccc(-c2nc(-c3cccc(-c4cc5ccccc5cc4-c4ccc(-c5ccc6c7c(cccc57)-c5ccccc5-6)cc4)c3)nc(-c3cc4ccccc4c4ccccc34)n2)cc1. The molecule has 0 unspecified atom stereocenters. The van der Waals surface area contributed by atoms with E-state index in [-0.39, 0.29) is 0 Å². The average molecular weight is 812 g/mol. The monoisotopic (exact) mass is 811 g/mol. The van der Waals surface area contributed by atoms with Crippen LogP contribution in [-0.4, -0.2) is 15.0 Å². The summed E-state index contributed by atoms with van der Waals surface area (Å²) in [5, 5.41) is 9.65. The number of hydrogen-bond donors (Lipinski definition) is 0. The molecule has 0 atom stereocenters. The van der Waals surface area contributed by atoms with E-state index >= 15 is 0 Å². The minimum absolute atomic E-state index is 0.628. The maximum Gasteiger partial charge on any atom is 0.164 e. The van der Waals surface area contributed by atoms with Crippen molar-refractivity contribution in [3.8, 4) is 89.8 Å². The lowest BCUT2D eigenvalue weighted by atomic mass is 9.89. The van der Waals surface area contributed by atoms with Crippen molar-refractivity contribution in [3.05, 3.63) is 224 Å². The molecule has 1 heterocycles. The van der Waals surface area contributed by atoms with Gasteiger partial charge in [-0.1, -0.05) is 200 Å². The molecule has 0 saturated carbocycles. The Bertz CT molecular complexity index is 3800. The Morgan fingerprint density at radius 3 is 1.42 bits per heavy atom. The van der Waals surface area contributed by atoms with Crippen molar-refractivity contribution in [2.45, 2.75) is 0 Å². The van der Waals surface area contributed by atoms with Gasteiger partial charge in [-0.15, -0.1) is 0 Å². The summed E-state index contributed by atoms with van der Waals surface area (Å²) >= 11 is 0. The molecule has 11 aromatic carbocycles. The molecule has 1 aromatic heterocycles. The highest BCUT2D eigenvalue weighted by Gasteiger charge is 2.23.